The third-order valence-corrected chi connectivity index (χ3v) is 8.75. The van der Waals surface area contributed by atoms with Crippen LogP contribution in [0.2, 0.25) is 5.02 Å². The van der Waals surface area contributed by atoms with E-state index in [1.165, 1.54) is 23.1 Å². The highest BCUT2D eigenvalue weighted by molar-refractivity contribution is 9.10. The van der Waals surface area contributed by atoms with Crippen LogP contribution >= 0.6 is 78.3 Å². The Bertz CT molecular complexity index is 1420. The lowest BCUT2D eigenvalue weighted by atomic mass is 10.2. The van der Waals surface area contributed by atoms with Crippen LogP contribution in [0.5, 0.6) is 0 Å². The number of rotatable bonds is 10. The fourth-order valence-electron chi connectivity index (χ4n) is 3.01. The first-order valence-corrected chi connectivity index (χ1v) is 15.4. The van der Waals surface area contributed by atoms with Gasteiger partial charge in [-0.05, 0) is 48.2 Å². The zero-order chi connectivity index (χ0) is 26.4. The molecule has 0 unspecified atom stereocenters. The molecular weight excluding hydrogens is 686 g/mol. The summed E-state index contributed by atoms with van der Waals surface area (Å²) in [6.45, 7) is 2.12. The lowest BCUT2D eigenvalue weighted by molar-refractivity contribution is -0.113. The molecule has 4 aromatic rings. The number of carbonyl (C=O) groups is 2. The average molecular weight is 704 g/mol. The molecule has 0 saturated heterocycles. The SMILES string of the molecule is CCSc1nnc(NC(=O)CSc2nnc(CNC(=O)c3cc(Br)ccc3Cl)n2-c2ccc(Br)cc2)s1. The summed E-state index contributed by atoms with van der Waals surface area (Å²) in [6.07, 6.45) is 0. The number of carbonyl (C=O) groups excluding carboxylic acids is 2. The summed E-state index contributed by atoms with van der Waals surface area (Å²) in [6, 6.07) is 12.6. The van der Waals surface area contributed by atoms with Crippen molar-refractivity contribution in [2.75, 3.05) is 16.8 Å². The Morgan fingerprint density at radius 3 is 2.54 bits per heavy atom. The van der Waals surface area contributed by atoms with Gasteiger partial charge in [-0.15, -0.1) is 20.4 Å². The molecule has 9 nitrogen and oxygen atoms in total. The Balaban J connectivity index is 1.49. The standard InChI is InChI=1S/C22H18Br2ClN7O2S3/c1-2-35-22-31-29-20(37-22)27-18(33)11-36-21-30-28-17(32(21)14-6-3-12(23)4-7-14)10-26-19(34)15-9-13(24)5-8-16(15)25/h3-9H,2,10-11H2,1H3,(H,26,34)(H,27,29,33). The van der Waals surface area contributed by atoms with Crippen LogP contribution in [0, 0.1) is 0 Å². The van der Waals surface area contributed by atoms with Gasteiger partial charge in [-0.1, -0.05) is 85.2 Å². The Hall–Kier alpha value is -1.97. The first kappa shape index (κ1) is 28.0. The number of hydrogen-bond acceptors (Lipinski definition) is 9. The third kappa shape index (κ3) is 7.54. The molecule has 2 aromatic carbocycles. The molecular formula is C22H18Br2ClN7O2S3. The van der Waals surface area contributed by atoms with Gasteiger partial charge in [0.05, 0.1) is 22.9 Å². The van der Waals surface area contributed by atoms with Gasteiger partial charge in [0.15, 0.2) is 15.3 Å². The number of anilines is 1. The summed E-state index contributed by atoms with van der Waals surface area (Å²) in [5.41, 5.74) is 1.13. The zero-order valence-corrected chi connectivity index (χ0v) is 25.5. The molecule has 0 aliphatic heterocycles. The van der Waals surface area contributed by atoms with E-state index < -0.39 is 0 Å². The number of halogens is 3. The van der Waals surface area contributed by atoms with E-state index in [0.29, 0.717) is 26.7 Å². The minimum absolute atomic E-state index is 0.0878. The Morgan fingerprint density at radius 1 is 1.03 bits per heavy atom. The van der Waals surface area contributed by atoms with Gasteiger partial charge in [-0.3, -0.25) is 19.5 Å². The van der Waals surface area contributed by atoms with Gasteiger partial charge >= 0.3 is 0 Å². The van der Waals surface area contributed by atoms with Crippen molar-refractivity contribution in [1.82, 2.24) is 30.3 Å². The second kappa shape index (κ2) is 13.2. The second-order valence-corrected chi connectivity index (χ2v) is 12.8. The third-order valence-electron chi connectivity index (χ3n) is 4.62. The van der Waals surface area contributed by atoms with Crippen LogP contribution in [0.3, 0.4) is 0 Å². The molecule has 2 heterocycles. The number of nitrogens with zero attached hydrogens (tertiary/aromatic N) is 5. The molecule has 2 aromatic heterocycles. The highest BCUT2D eigenvalue weighted by atomic mass is 79.9. The molecule has 0 radical (unpaired) electrons. The summed E-state index contributed by atoms with van der Waals surface area (Å²) in [4.78, 5) is 25.3. The average Bonchev–Trinajstić information content (AvgIpc) is 3.50. The number of hydrogen-bond donors (Lipinski definition) is 2. The maximum absolute atomic E-state index is 12.8. The Kier molecular flexibility index (Phi) is 10.0. The lowest BCUT2D eigenvalue weighted by Gasteiger charge is -2.11. The highest BCUT2D eigenvalue weighted by Gasteiger charge is 2.18. The van der Waals surface area contributed by atoms with Crippen molar-refractivity contribution in [3.8, 4) is 5.69 Å². The van der Waals surface area contributed by atoms with Crippen molar-refractivity contribution < 1.29 is 9.59 Å². The second-order valence-electron chi connectivity index (χ2n) is 7.16. The van der Waals surface area contributed by atoms with Crippen molar-refractivity contribution in [2.24, 2.45) is 0 Å². The molecule has 4 rings (SSSR count). The maximum Gasteiger partial charge on any atom is 0.253 e. The van der Waals surface area contributed by atoms with Crippen LogP contribution in [-0.4, -0.2) is 48.3 Å². The Morgan fingerprint density at radius 2 is 1.78 bits per heavy atom. The minimum atomic E-state index is -0.345. The molecule has 2 N–H and O–H groups in total. The molecule has 15 heteroatoms. The molecule has 2 amide bonds. The molecule has 192 valence electrons. The smallest absolute Gasteiger partial charge is 0.253 e. The van der Waals surface area contributed by atoms with Crippen LogP contribution in [0.1, 0.15) is 23.1 Å². The normalized spacial score (nSPS) is 10.9. The monoisotopic (exact) mass is 701 g/mol. The number of benzene rings is 2. The molecule has 0 aliphatic carbocycles. The van der Waals surface area contributed by atoms with Crippen molar-refractivity contribution in [2.45, 2.75) is 23.0 Å². The van der Waals surface area contributed by atoms with Gasteiger partial charge in [-0.2, -0.15) is 0 Å². The lowest BCUT2D eigenvalue weighted by Crippen LogP contribution is -2.25. The fourth-order valence-corrected chi connectivity index (χ4v) is 6.28. The van der Waals surface area contributed by atoms with Crippen LogP contribution in [0.25, 0.3) is 5.69 Å². The van der Waals surface area contributed by atoms with E-state index >= 15 is 0 Å². The van der Waals surface area contributed by atoms with Gasteiger partial charge in [0, 0.05) is 14.6 Å². The molecule has 0 aliphatic rings. The van der Waals surface area contributed by atoms with Gasteiger partial charge in [-0.25, -0.2) is 0 Å². The number of nitrogens with one attached hydrogen (secondary N) is 2. The predicted octanol–water partition coefficient (Wildman–Crippen LogP) is 6.07. The van der Waals surface area contributed by atoms with Crippen molar-refractivity contribution in [3.05, 3.63) is 67.8 Å². The summed E-state index contributed by atoms with van der Waals surface area (Å²) in [5.74, 6) is 0.879. The van der Waals surface area contributed by atoms with Crippen LogP contribution < -0.4 is 10.6 Å². The van der Waals surface area contributed by atoms with Crippen LogP contribution in [0.4, 0.5) is 5.13 Å². The molecule has 0 atom stereocenters. The molecule has 0 spiro atoms. The zero-order valence-electron chi connectivity index (χ0n) is 19.1. The van der Waals surface area contributed by atoms with Crippen LogP contribution in [-0.2, 0) is 11.3 Å². The molecule has 0 saturated carbocycles. The topological polar surface area (TPSA) is 115 Å². The van der Waals surface area contributed by atoms with Gasteiger partial charge < -0.3 is 5.32 Å². The van der Waals surface area contributed by atoms with E-state index in [-0.39, 0.29) is 24.1 Å². The molecule has 37 heavy (non-hydrogen) atoms. The quantitative estimate of drug-likeness (QED) is 0.151. The van der Waals surface area contributed by atoms with Crippen molar-refractivity contribution in [3.63, 3.8) is 0 Å². The summed E-state index contributed by atoms with van der Waals surface area (Å²) < 4.78 is 4.26. The predicted molar refractivity (Wildman–Crippen MR) is 155 cm³/mol. The molecule has 0 bridgehead atoms. The summed E-state index contributed by atoms with van der Waals surface area (Å²) in [7, 11) is 0. The summed E-state index contributed by atoms with van der Waals surface area (Å²) >= 11 is 17.1. The van der Waals surface area contributed by atoms with E-state index in [0.717, 1.165) is 24.7 Å². The first-order valence-electron chi connectivity index (χ1n) is 10.7. The van der Waals surface area contributed by atoms with Crippen molar-refractivity contribution >= 4 is 95.3 Å². The number of amides is 2. The Labute approximate surface area is 246 Å². The number of thioether (sulfide) groups is 2. The summed E-state index contributed by atoms with van der Waals surface area (Å²) in [5, 5.41) is 23.5. The largest absolute Gasteiger partial charge is 0.345 e. The van der Waals surface area contributed by atoms with Gasteiger partial charge in [0.2, 0.25) is 11.0 Å². The van der Waals surface area contributed by atoms with Gasteiger partial charge in [0.25, 0.3) is 5.91 Å². The van der Waals surface area contributed by atoms with E-state index in [1.807, 2.05) is 31.2 Å². The van der Waals surface area contributed by atoms with Crippen molar-refractivity contribution in [1.29, 1.82) is 0 Å². The van der Waals surface area contributed by atoms with E-state index in [4.69, 9.17) is 11.6 Å². The fraction of sp³-hybridized carbons (Fsp3) is 0.182. The van der Waals surface area contributed by atoms with E-state index in [1.54, 1.807) is 34.5 Å². The number of aromatic nitrogens is 5. The molecule has 0 fully saturated rings. The minimum Gasteiger partial charge on any atom is -0.345 e. The van der Waals surface area contributed by atoms with E-state index in [2.05, 4.69) is 62.9 Å². The van der Waals surface area contributed by atoms with E-state index in [9.17, 15) is 9.59 Å². The van der Waals surface area contributed by atoms with Crippen LogP contribution in [0.15, 0.2) is 60.9 Å². The first-order chi connectivity index (χ1) is 17.8. The maximum atomic E-state index is 12.8. The van der Waals surface area contributed by atoms with Gasteiger partial charge in [0.1, 0.15) is 0 Å². The highest BCUT2D eigenvalue weighted by Crippen LogP contribution is 2.27.